The summed E-state index contributed by atoms with van der Waals surface area (Å²) in [4.78, 5) is 36.3. The van der Waals surface area contributed by atoms with Crippen molar-refractivity contribution in [3.05, 3.63) is 0 Å². The van der Waals surface area contributed by atoms with Crippen molar-refractivity contribution in [2.45, 2.75) is 44.6 Å². The van der Waals surface area contributed by atoms with E-state index in [9.17, 15) is 14.4 Å². The highest BCUT2D eigenvalue weighted by Crippen LogP contribution is 2.28. The van der Waals surface area contributed by atoms with Crippen LogP contribution in [-0.2, 0) is 14.3 Å². The Bertz CT molecular complexity index is 388. The van der Waals surface area contributed by atoms with Gasteiger partial charge in [0.25, 0.3) is 5.91 Å². The Hall–Kier alpha value is -1.43. The molecule has 2 aliphatic rings. The lowest BCUT2D eigenvalue weighted by Crippen LogP contribution is -2.51. The van der Waals surface area contributed by atoms with Gasteiger partial charge in [0.2, 0.25) is 0 Å². The number of Topliss-reactive ketones (excluding diaryl/α,β-unsaturated/α-hetero) is 1. The fourth-order valence-corrected chi connectivity index (χ4v) is 2.58. The van der Waals surface area contributed by atoms with Crippen LogP contribution in [0.1, 0.15) is 39.0 Å². The summed E-state index contributed by atoms with van der Waals surface area (Å²) in [5.41, 5.74) is -0.740. The fraction of sp³-hybridized carbons (Fsp3) is 0.769. The summed E-state index contributed by atoms with van der Waals surface area (Å²) in [7, 11) is 0. The molecule has 0 aromatic rings. The molecule has 0 aromatic carbocycles. The minimum atomic E-state index is -0.740. The van der Waals surface area contributed by atoms with Gasteiger partial charge >= 0.3 is 6.03 Å². The van der Waals surface area contributed by atoms with Crippen LogP contribution in [0.2, 0.25) is 0 Å². The minimum absolute atomic E-state index is 0.136. The summed E-state index contributed by atoms with van der Waals surface area (Å²) in [6.07, 6.45) is 2.97. The molecular formula is C13H20N2O4. The Balaban J connectivity index is 1.89. The monoisotopic (exact) mass is 268 g/mol. The molecular weight excluding hydrogens is 248 g/mol. The normalized spacial score (nSPS) is 21.8. The highest BCUT2D eigenvalue weighted by molar-refractivity contribution is 6.07. The SMILES string of the molecule is CC(=O)CCCCN1C(=O)NC2(CCOCC2)C1=O. The van der Waals surface area contributed by atoms with E-state index in [0.717, 1.165) is 0 Å². The average Bonchev–Trinajstić information content (AvgIpc) is 2.59. The quantitative estimate of drug-likeness (QED) is 0.592. The topological polar surface area (TPSA) is 75.7 Å². The van der Waals surface area contributed by atoms with Crippen LogP contribution in [0, 0.1) is 0 Å². The first-order valence-corrected chi connectivity index (χ1v) is 6.76. The van der Waals surface area contributed by atoms with E-state index in [4.69, 9.17) is 4.74 Å². The van der Waals surface area contributed by atoms with E-state index in [2.05, 4.69) is 5.32 Å². The number of hydrogen-bond acceptors (Lipinski definition) is 4. The van der Waals surface area contributed by atoms with Gasteiger partial charge < -0.3 is 14.8 Å². The van der Waals surface area contributed by atoms with Crippen LogP contribution in [0.3, 0.4) is 0 Å². The molecule has 0 saturated carbocycles. The number of ether oxygens (including phenoxy) is 1. The van der Waals surface area contributed by atoms with Crippen LogP contribution in [0.5, 0.6) is 0 Å². The zero-order valence-corrected chi connectivity index (χ0v) is 11.2. The van der Waals surface area contributed by atoms with Crippen LogP contribution in [0.4, 0.5) is 4.79 Å². The molecule has 6 heteroatoms. The second-order valence-electron chi connectivity index (χ2n) is 5.24. The number of carbonyl (C=O) groups excluding carboxylic acids is 3. The Morgan fingerprint density at radius 1 is 1.32 bits per heavy atom. The van der Waals surface area contributed by atoms with Gasteiger partial charge in [-0.1, -0.05) is 0 Å². The summed E-state index contributed by atoms with van der Waals surface area (Å²) >= 11 is 0. The molecule has 2 heterocycles. The van der Waals surface area contributed by atoms with Crippen LogP contribution in [0.15, 0.2) is 0 Å². The van der Waals surface area contributed by atoms with Gasteiger partial charge in [0.05, 0.1) is 0 Å². The van der Waals surface area contributed by atoms with E-state index in [1.165, 1.54) is 4.90 Å². The van der Waals surface area contributed by atoms with Crippen molar-refractivity contribution in [1.82, 2.24) is 10.2 Å². The first-order valence-electron chi connectivity index (χ1n) is 6.76. The molecule has 2 saturated heterocycles. The molecule has 3 amide bonds. The number of unbranched alkanes of at least 4 members (excludes halogenated alkanes) is 1. The summed E-state index contributed by atoms with van der Waals surface area (Å²) in [6.45, 7) is 2.94. The van der Waals surface area contributed by atoms with Gasteiger partial charge in [-0.25, -0.2) is 4.79 Å². The number of ketones is 1. The number of hydrogen-bond donors (Lipinski definition) is 1. The number of rotatable bonds is 5. The maximum atomic E-state index is 12.3. The highest BCUT2D eigenvalue weighted by Gasteiger charge is 2.51. The fourth-order valence-electron chi connectivity index (χ4n) is 2.58. The average molecular weight is 268 g/mol. The second kappa shape index (κ2) is 5.69. The molecule has 6 nitrogen and oxygen atoms in total. The third-order valence-electron chi connectivity index (χ3n) is 3.75. The molecule has 19 heavy (non-hydrogen) atoms. The Morgan fingerprint density at radius 2 is 2.00 bits per heavy atom. The van der Waals surface area contributed by atoms with Crippen molar-refractivity contribution in [3.63, 3.8) is 0 Å². The molecule has 0 unspecified atom stereocenters. The van der Waals surface area contributed by atoms with Crippen LogP contribution in [0.25, 0.3) is 0 Å². The van der Waals surface area contributed by atoms with E-state index in [0.29, 0.717) is 51.9 Å². The third-order valence-corrected chi connectivity index (χ3v) is 3.75. The van der Waals surface area contributed by atoms with E-state index in [1.54, 1.807) is 6.92 Å². The van der Waals surface area contributed by atoms with E-state index >= 15 is 0 Å². The van der Waals surface area contributed by atoms with Gasteiger partial charge in [-0.15, -0.1) is 0 Å². The number of amides is 3. The standard InChI is InChI=1S/C13H20N2O4/c1-10(16)4-2-3-7-15-11(17)13(14-12(15)18)5-8-19-9-6-13/h2-9H2,1H3,(H,14,18). The van der Waals surface area contributed by atoms with E-state index in [-0.39, 0.29) is 17.7 Å². The van der Waals surface area contributed by atoms with Gasteiger partial charge in [-0.05, 0) is 19.8 Å². The third kappa shape index (κ3) is 2.94. The second-order valence-corrected chi connectivity index (χ2v) is 5.24. The largest absolute Gasteiger partial charge is 0.381 e. The molecule has 0 aliphatic carbocycles. The number of nitrogens with one attached hydrogen (secondary N) is 1. The molecule has 1 N–H and O–H groups in total. The molecule has 0 radical (unpaired) electrons. The van der Waals surface area contributed by atoms with Crippen LogP contribution < -0.4 is 5.32 Å². The molecule has 0 atom stereocenters. The summed E-state index contributed by atoms with van der Waals surface area (Å²) < 4.78 is 5.24. The number of imide groups is 1. The lowest BCUT2D eigenvalue weighted by molar-refractivity contribution is -0.134. The zero-order valence-electron chi connectivity index (χ0n) is 11.2. The molecule has 2 rings (SSSR count). The molecule has 1 spiro atoms. The lowest BCUT2D eigenvalue weighted by Gasteiger charge is -2.30. The van der Waals surface area contributed by atoms with Crippen molar-refractivity contribution in [2.24, 2.45) is 0 Å². The molecule has 106 valence electrons. The van der Waals surface area contributed by atoms with Gasteiger partial charge in [0, 0.05) is 39.0 Å². The Labute approximate surface area is 112 Å². The van der Waals surface area contributed by atoms with Crippen molar-refractivity contribution >= 4 is 17.7 Å². The van der Waals surface area contributed by atoms with E-state index in [1.807, 2.05) is 0 Å². The number of urea groups is 1. The predicted molar refractivity (Wildman–Crippen MR) is 67.6 cm³/mol. The smallest absolute Gasteiger partial charge is 0.325 e. The predicted octanol–water partition coefficient (Wildman–Crippen LogP) is 0.847. The van der Waals surface area contributed by atoms with Crippen LogP contribution >= 0.6 is 0 Å². The summed E-state index contributed by atoms with van der Waals surface area (Å²) in [5.74, 6) is 0.00160. The Kier molecular flexibility index (Phi) is 4.19. The van der Waals surface area contributed by atoms with Gasteiger partial charge in [0.1, 0.15) is 11.3 Å². The number of nitrogens with zero attached hydrogens (tertiary/aromatic N) is 1. The maximum absolute atomic E-state index is 12.3. The lowest BCUT2D eigenvalue weighted by atomic mass is 9.90. The number of carbonyl (C=O) groups is 3. The van der Waals surface area contributed by atoms with Gasteiger partial charge in [-0.2, -0.15) is 0 Å². The van der Waals surface area contributed by atoms with E-state index < -0.39 is 5.54 Å². The van der Waals surface area contributed by atoms with Crippen molar-refractivity contribution in [3.8, 4) is 0 Å². The minimum Gasteiger partial charge on any atom is -0.381 e. The molecule has 2 aliphatic heterocycles. The summed E-state index contributed by atoms with van der Waals surface area (Å²) in [5, 5.41) is 2.81. The first kappa shape index (κ1) is 14.0. The van der Waals surface area contributed by atoms with Crippen molar-refractivity contribution < 1.29 is 19.1 Å². The van der Waals surface area contributed by atoms with Gasteiger partial charge in [0.15, 0.2) is 0 Å². The van der Waals surface area contributed by atoms with Crippen molar-refractivity contribution in [1.29, 1.82) is 0 Å². The molecule has 2 fully saturated rings. The Morgan fingerprint density at radius 3 is 2.63 bits per heavy atom. The molecule has 0 bridgehead atoms. The summed E-state index contributed by atoms with van der Waals surface area (Å²) in [6, 6.07) is -0.310. The maximum Gasteiger partial charge on any atom is 0.325 e. The van der Waals surface area contributed by atoms with Crippen LogP contribution in [-0.4, -0.2) is 47.9 Å². The zero-order chi connectivity index (χ0) is 13.9. The molecule has 0 aromatic heterocycles. The van der Waals surface area contributed by atoms with Gasteiger partial charge in [-0.3, -0.25) is 9.69 Å². The first-order chi connectivity index (χ1) is 9.05. The van der Waals surface area contributed by atoms with Crippen molar-refractivity contribution in [2.75, 3.05) is 19.8 Å². The highest BCUT2D eigenvalue weighted by atomic mass is 16.5.